The summed E-state index contributed by atoms with van der Waals surface area (Å²) in [5.41, 5.74) is 3.89. The molecule has 0 saturated heterocycles. The summed E-state index contributed by atoms with van der Waals surface area (Å²) in [6, 6.07) is 11.8. The molecule has 0 spiro atoms. The number of hydrogen-bond donors (Lipinski definition) is 2. The average Bonchev–Trinajstić information content (AvgIpc) is 2.87. The monoisotopic (exact) mass is 284 g/mol. The Kier molecular flexibility index (Phi) is 3.67. The third-order valence-electron chi connectivity index (χ3n) is 3.45. The van der Waals surface area contributed by atoms with Gasteiger partial charge in [-0.2, -0.15) is 0 Å². The van der Waals surface area contributed by atoms with Gasteiger partial charge in [0.25, 0.3) is 0 Å². The van der Waals surface area contributed by atoms with Crippen molar-refractivity contribution in [3.05, 3.63) is 58.0 Å². The number of phenolic OH excluding ortho intramolecular Hbond substituents is 1. The van der Waals surface area contributed by atoms with E-state index >= 15 is 0 Å². The molecule has 1 heterocycles. The molecule has 0 aliphatic carbocycles. The predicted molar refractivity (Wildman–Crippen MR) is 83.0 cm³/mol. The van der Waals surface area contributed by atoms with Crippen molar-refractivity contribution >= 4 is 22.1 Å². The zero-order valence-corrected chi connectivity index (χ0v) is 12.1. The SMILES string of the molecule is Cc1ncsc1CNCc1c(O)ccc2ccccc12. The van der Waals surface area contributed by atoms with Crippen LogP contribution in [0.5, 0.6) is 5.75 Å². The zero-order chi connectivity index (χ0) is 13.9. The summed E-state index contributed by atoms with van der Waals surface area (Å²) in [5.74, 6) is 0.345. The fourth-order valence-electron chi connectivity index (χ4n) is 2.31. The van der Waals surface area contributed by atoms with E-state index in [4.69, 9.17) is 0 Å². The van der Waals surface area contributed by atoms with E-state index in [1.807, 2.05) is 36.7 Å². The van der Waals surface area contributed by atoms with Crippen LogP contribution in [0.1, 0.15) is 16.1 Å². The first kappa shape index (κ1) is 13.1. The lowest BCUT2D eigenvalue weighted by Gasteiger charge is -2.10. The van der Waals surface area contributed by atoms with Crippen LogP contribution in [0.4, 0.5) is 0 Å². The normalized spacial score (nSPS) is 11.1. The van der Waals surface area contributed by atoms with Crippen LogP contribution in [0.3, 0.4) is 0 Å². The molecule has 20 heavy (non-hydrogen) atoms. The van der Waals surface area contributed by atoms with E-state index in [1.54, 1.807) is 17.4 Å². The Morgan fingerprint density at radius 2 is 2.00 bits per heavy atom. The van der Waals surface area contributed by atoms with Crippen molar-refractivity contribution in [3.8, 4) is 5.75 Å². The second-order valence-electron chi connectivity index (χ2n) is 4.75. The highest BCUT2D eigenvalue weighted by molar-refractivity contribution is 7.09. The number of thiazole rings is 1. The van der Waals surface area contributed by atoms with E-state index in [0.717, 1.165) is 28.6 Å². The second kappa shape index (κ2) is 5.61. The molecular weight excluding hydrogens is 268 g/mol. The zero-order valence-electron chi connectivity index (χ0n) is 11.3. The Labute approximate surface area is 121 Å². The van der Waals surface area contributed by atoms with Crippen LogP contribution >= 0.6 is 11.3 Å². The summed E-state index contributed by atoms with van der Waals surface area (Å²) < 4.78 is 0. The summed E-state index contributed by atoms with van der Waals surface area (Å²) >= 11 is 1.66. The number of nitrogens with zero attached hydrogens (tertiary/aromatic N) is 1. The van der Waals surface area contributed by atoms with E-state index in [0.29, 0.717) is 12.3 Å². The van der Waals surface area contributed by atoms with E-state index < -0.39 is 0 Å². The van der Waals surface area contributed by atoms with Gasteiger partial charge < -0.3 is 10.4 Å². The minimum absolute atomic E-state index is 0.345. The van der Waals surface area contributed by atoms with Gasteiger partial charge in [-0.15, -0.1) is 11.3 Å². The number of benzene rings is 2. The third kappa shape index (κ3) is 2.53. The molecule has 0 amide bonds. The van der Waals surface area contributed by atoms with E-state index in [-0.39, 0.29) is 0 Å². The lowest BCUT2D eigenvalue weighted by molar-refractivity contribution is 0.466. The first-order valence-electron chi connectivity index (χ1n) is 6.55. The van der Waals surface area contributed by atoms with Gasteiger partial charge in [-0.1, -0.05) is 30.3 Å². The minimum atomic E-state index is 0.345. The number of nitrogens with one attached hydrogen (secondary N) is 1. The third-order valence-corrected chi connectivity index (χ3v) is 4.38. The number of aromatic hydroxyl groups is 1. The van der Waals surface area contributed by atoms with Gasteiger partial charge in [-0.3, -0.25) is 0 Å². The van der Waals surface area contributed by atoms with Gasteiger partial charge in [0.1, 0.15) is 5.75 Å². The summed E-state index contributed by atoms with van der Waals surface area (Å²) in [6.07, 6.45) is 0. The first-order valence-corrected chi connectivity index (χ1v) is 7.43. The van der Waals surface area contributed by atoms with Crippen molar-refractivity contribution in [2.24, 2.45) is 0 Å². The maximum atomic E-state index is 10.1. The second-order valence-corrected chi connectivity index (χ2v) is 5.69. The van der Waals surface area contributed by atoms with Crippen molar-refractivity contribution < 1.29 is 5.11 Å². The van der Waals surface area contributed by atoms with E-state index in [9.17, 15) is 5.11 Å². The lowest BCUT2D eigenvalue weighted by Crippen LogP contribution is -2.13. The molecule has 0 atom stereocenters. The largest absolute Gasteiger partial charge is 0.508 e. The van der Waals surface area contributed by atoms with Crippen LogP contribution in [-0.4, -0.2) is 10.1 Å². The Balaban J connectivity index is 1.80. The number of fused-ring (bicyclic) bond motifs is 1. The van der Waals surface area contributed by atoms with Gasteiger partial charge in [-0.25, -0.2) is 4.98 Å². The fraction of sp³-hybridized carbons (Fsp3) is 0.188. The topological polar surface area (TPSA) is 45.2 Å². The van der Waals surface area contributed by atoms with Gasteiger partial charge in [0, 0.05) is 23.5 Å². The predicted octanol–water partition coefficient (Wildman–Crippen LogP) is 3.60. The Morgan fingerprint density at radius 3 is 2.80 bits per heavy atom. The van der Waals surface area contributed by atoms with Crippen molar-refractivity contribution in [2.75, 3.05) is 0 Å². The number of hydrogen-bond acceptors (Lipinski definition) is 4. The molecular formula is C16H16N2OS. The van der Waals surface area contributed by atoms with Crippen LogP contribution in [0.15, 0.2) is 41.9 Å². The van der Waals surface area contributed by atoms with Crippen molar-refractivity contribution in [2.45, 2.75) is 20.0 Å². The molecule has 2 N–H and O–H groups in total. The highest BCUT2D eigenvalue weighted by Gasteiger charge is 2.07. The van der Waals surface area contributed by atoms with E-state index in [2.05, 4.69) is 16.4 Å². The highest BCUT2D eigenvalue weighted by Crippen LogP contribution is 2.27. The molecule has 0 bridgehead atoms. The number of phenols is 1. The molecule has 0 fully saturated rings. The molecule has 2 aromatic carbocycles. The number of rotatable bonds is 4. The smallest absolute Gasteiger partial charge is 0.120 e. The highest BCUT2D eigenvalue weighted by atomic mass is 32.1. The molecule has 0 aliphatic rings. The molecule has 0 radical (unpaired) electrons. The fourth-order valence-corrected chi connectivity index (χ4v) is 3.05. The molecule has 3 aromatic rings. The Morgan fingerprint density at radius 1 is 1.15 bits per heavy atom. The van der Waals surface area contributed by atoms with Crippen molar-refractivity contribution in [1.29, 1.82) is 0 Å². The lowest BCUT2D eigenvalue weighted by atomic mass is 10.0. The molecule has 0 saturated carbocycles. The molecule has 0 aliphatic heterocycles. The number of aryl methyl sites for hydroxylation is 1. The summed E-state index contributed by atoms with van der Waals surface area (Å²) in [4.78, 5) is 5.48. The van der Waals surface area contributed by atoms with Gasteiger partial charge in [0.05, 0.1) is 11.2 Å². The minimum Gasteiger partial charge on any atom is -0.508 e. The van der Waals surface area contributed by atoms with Gasteiger partial charge in [0.15, 0.2) is 0 Å². The van der Waals surface area contributed by atoms with Gasteiger partial charge >= 0.3 is 0 Å². The van der Waals surface area contributed by atoms with Gasteiger partial charge in [-0.05, 0) is 23.8 Å². The molecule has 4 heteroatoms. The van der Waals surface area contributed by atoms with Crippen LogP contribution in [0.25, 0.3) is 10.8 Å². The van der Waals surface area contributed by atoms with E-state index in [1.165, 1.54) is 4.88 Å². The molecule has 102 valence electrons. The van der Waals surface area contributed by atoms with Crippen LogP contribution in [0, 0.1) is 6.92 Å². The quantitative estimate of drug-likeness (QED) is 0.769. The molecule has 3 nitrogen and oxygen atoms in total. The maximum absolute atomic E-state index is 10.1. The molecule has 1 aromatic heterocycles. The Bertz CT molecular complexity index is 736. The number of aromatic nitrogens is 1. The summed E-state index contributed by atoms with van der Waals surface area (Å²) in [6.45, 7) is 3.44. The Hall–Kier alpha value is -1.91. The van der Waals surface area contributed by atoms with Crippen molar-refractivity contribution in [3.63, 3.8) is 0 Å². The summed E-state index contributed by atoms with van der Waals surface area (Å²) in [7, 11) is 0. The summed E-state index contributed by atoms with van der Waals surface area (Å²) in [5, 5.41) is 15.7. The molecule has 3 rings (SSSR count). The van der Waals surface area contributed by atoms with Crippen LogP contribution in [-0.2, 0) is 13.1 Å². The average molecular weight is 284 g/mol. The standard InChI is InChI=1S/C16H16N2OS/c1-11-16(20-10-18-11)9-17-8-14-13-5-3-2-4-12(13)6-7-15(14)19/h2-7,10,17,19H,8-9H2,1H3. The molecule has 0 unspecified atom stereocenters. The van der Waals surface area contributed by atoms with Crippen molar-refractivity contribution in [1.82, 2.24) is 10.3 Å². The van der Waals surface area contributed by atoms with Crippen LogP contribution < -0.4 is 5.32 Å². The van der Waals surface area contributed by atoms with Crippen LogP contribution in [0.2, 0.25) is 0 Å². The van der Waals surface area contributed by atoms with Gasteiger partial charge in [0.2, 0.25) is 0 Å². The maximum Gasteiger partial charge on any atom is 0.120 e. The first-order chi connectivity index (χ1) is 9.75.